The van der Waals surface area contributed by atoms with Crippen LogP contribution in [-0.2, 0) is 19.1 Å². The second-order valence-electron chi connectivity index (χ2n) is 8.84. The molecule has 0 aliphatic carbocycles. The van der Waals surface area contributed by atoms with Crippen LogP contribution >= 0.6 is 0 Å². The van der Waals surface area contributed by atoms with Gasteiger partial charge in [0.25, 0.3) is 0 Å². The number of terminal acetylenes is 1. The van der Waals surface area contributed by atoms with Crippen LogP contribution in [0.1, 0.15) is 55.5 Å². The van der Waals surface area contributed by atoms with Crippen molar-refractivity contribution in [3.63, 3.8) is 0 Å². The number of esters is 2. The number of hydrogen-bond donors (Lipinski definition) is 0. The first-order valence-corrected chi connectivity index (χ1v) is 11.9. The number of halogens is 1. The molecule has 1 heterocycles. The number of β-lactam (4-membered cyclic amide) rings is 1. The molecular formula is C30H26FNO5. The van der Waals surface area contributed by atoms with Gasteiger partial charge in [0.15, 0.2) is 0 Å². The summed E-state index contributed by atoms with van der Waals surface area (Å²) in [6, 6.07) is 19.7. The number of rotatable bonds is 8. The fourth-order valence-electron chi connectivity index (χ4n) is 4.62. The molecule has 0 aromatic heterocycles. The van der Waals surface area contributed by atoms with Gasteiger partial charge in [-0.25, -0.2) is 4.39 Å². The third kappa shape index (κ3) is 5.87. The molecule has 188 valence electrons. The van der Waals surface area contributed by atoms with E-state index < -0.39 is 18.0 Å². The predicted molar refractivity (Wildman–Crippen MR) is 136 cm³/mol. The average molecular weight is 500 g/mol. The minimum Gasteiger partial charge on any atom is -0.458 e. The Balaban J connectivity index is 1.60. The zero-order valence-electron chi connectivity index (χ0n) is 20.5. The summed E-state index contributed by atoms with van der Waals surface area (Å²) in [6.07, 6.45) is 5.68. The van der Waals surface area contributed by atoms with Crippen molar-refractivity contribution in [2.75, 3.05) is 4.90 Å². The maximum absolute atomic E-state index is 13.4. The van der Waals surface area contributed by atoms with Gasteiger partial charge in [-0.1, -0.05) is 30.2 Å². The molecule has 1 aliphatic heterocycles. The standard InChI is InChI=1S/C30H26FNO5/c1-4-21-5-13-25(14-6-21)32-29(23-9-15-26(16-10-23)36-19(2)33)27(30(32)35)17-18-28(37-20(3)34)22-7-11-24(31)12-8-22/h1,5-16,27-29H,17-18H2,2-3H3/t27?,28-,29+/m0/s1. The predicted octanol–water partition coefficient (Wildman–Crippen LogP) is 5.52. The number of hydrogen-bond acceptors (Lipinski definition) is 5. The summed E-state index contributed by atoms with van der Waals surface area (Å²) in [6.45, 7) is 2.65. The van der Waals surface area contributed by atoms with E-state index in [1.807, 2.05) is 24.3 Å². The Kier molecular flexibility index (Phi) is 7.69. The minimum absolute atomic E-state index is 0.0665. The number of nitrogens with zero attached hydrogens (tertiary/aromatic N) is 1. The van der Waals surface area contributed by atoms with Gasteiger partial charge in [-0.2, -0.15) is 0 Å². The summed E-state index contributed by atoms with van der Waals surface area (Å²) in [4.78, 5) is 38.1. The molecule has 0 bridgehead atoms. The zero-order chi connectivity index (χ0) is 26.5. The number of carbonyl (C=O) groups excluding carboxylic acids is 3. The molecule has 1 amide bonds. The van der Waals surface area contributed by atoms with Crippen LogP contribution < -0.4 is 9.64 Å². The SMILES string of the molecule is C#Cc1ccc(N2C(=O)C(CC[C@H](OC(C)=O)c3ccc(F)cc3)[C@H]2c2ccc(OC(C)=O)cc2)cc1. The molecule has 37 heavy (non-hydrogen) atoms. The van der Waals surface area contributed by atoms with Gasteiger partial charge in [0.05, 0.1) is 12.0 Å². The van der Waals surface area contributed by atoms with E-state index >= 15 is 0 Å². The molecule has 6 nitrogen and oxygen atoms in total. The molecule has 0 saturated carbocycles. The van der Waals surface area contributed by atoms with Crippen LogP contribution in [0.3, 0.4) is 0 Å². The Morgan fingerprint density at radius 2 is 1.62 bits per heavy atom. The van der Waals surface area contributed by atoms with E-state index in [-0.39, 0.29) is 23.7 Å². The fraction of sp³-hybridized carbons (Fsp3) is 0.233. The zero-order valence-corrected chi connectivity index (χ0v) is 20.5. The quantitative estimate of drug-likeness (QED) is 0.177. The molecule has 0 radical (unpaired) electrons. The van der Waals surface area contributed by atoms with Gasteiger partial charge in [-0.15, -0.1) is 6.42 Å². The molecule has 4 rings (SSSR count). The average Bonchev–Trinajstić information content (AvgIpc) is 2.87. The molecule has 7 heteroatoms. The molecule has 1 aliphatic rings. The van der Waals surface area contributed by atoms with Crippen LogP contribution in [0.4, 0.5) is 10.1 Å². The van der Waals surface area contributed by atoms with Gasteiger partial charge in [-0.3, -0.25) is 14.4 Å². The van der Waals surface area contributed by atoms with Gasteiger partial charge >= 0.3 is 11.9 Å². The molecule has 0 spiro atoms. The number of ether oxygens (including phenoxy) is 2. The Morgan fingerprint density at radius 1 is 0.973 bits per heavy atom. The monoisotopic (exact) mass is 499 g/mol. The highest BCUT2D eigenvalue weighted by atomic mass is 19.1. The van der Waals surface area contributed by atoms with Crippen LogP contribution in [0.25, 0.3) is 0 Å². The smallest absolute Gasteiger partial charge is 0.308 e. The number of amides is 1. The number of anilines is 1. The van der Waals surface area contributed by atoms with Gasteiger partial charge < -0.3 is 14.4 Å². The lowest BCUT2D eigenvalue weighted by Crippen LogP contribution is -2.55. The van der Waals surface area contributed by atoms with Gasteiger partial charge in [-0.05, 0) is 72.5 Å². The molecule has 3 atom stereocenters. The van der Waals surface area contributed by atoms with Crippen LogP contribution in [0, 0.1) is 24.1 Å². The normalized spacial score (nSPS) is 17.4. The van der Waals surface area contributed by atoms with E-state index in [1.165, 1.54) is 26.0 Å². The molecule has 3 aromatic carbocycles. The van der Waals surface area contributed by atoms with E-state index in [1.54, 1.807) is 41.3 Å². The van der Waals surface area contributed by atoms with E-state index in [0.29, 0.717) is 35.4 Å². The summed E-state index contributed by atoms with van der Waals surface area (Å²) in [5, 5.41) is 0. The van der Waals surface area contributed by atoms with E-state index in [0.717, 1.165) is 5.56 Å². The Morgan fingerprint density at radius 3 is 2.19 bits per heavy atom. The molecule has 1 saturated heterocycles. The van der Waals surface area contributed by atoms with Crippen molar-refractivity contribution in [3.05, 3.63) is 95.3 Å². The van der Waals surface area contributed by atoms with Gasteiger partial charge in [0.2, 0.25) is 5.91 Å². The summed E-state index contributed by atoms with van der Waals surface area (Å²) in [5.41, 5.74) is 2.95. The second-order valence-corrected chi connectivity index (χ2v) is 8.84. The first kappa shape index (κ1) is 25.6. The highest BCUT2D eigenvalue weighted by Gasteiger charge is 2.48. The molecule has 1 fully saturated rings. The lowest BCUT2D eigenvalue weighted by atomic mass is 9.78. The van der Waals surface area contributed by atoms with Crippen molar-refractivity contribution in [1.29, 1.82) is 0 Å². The van der Waals surface area contributed by atoms with E-state index in [9.17, 15) is 18.8 Å². The lowest BCUT2D eigenvalue weighted by molar-refractivity contribution is -0.147. The topological polar surface area (TPSA) is 72.9 Å². The van der Waals surface area contributed by atoms with E-state index in [4.69, 9.17) is 15.9 Å². The second kappa shape index (κ2) is 11.1. The molecule has 0 N–H and O–H groups in total. The maximum Gasteiger partial charge on any atom is 0.308 e. The minimum atomic E-state index is -0.609. The largest absolute Gasteiger partial charge is 0.458 e. The third-order valence-corrected chi connectivity index (χ3v) is 6.30. The molecule has 3 aromatic rings. The molecular weight excluding hydrogens is 473 g/mol. The Hall–Kier alpha value is -4.44. The third-order valence-electron chi connectivity index (χ3n) is 6.30. The van der Waals surface area contributed by atoms with Crippen molar-refractivity contribution in [1.82, 2.24) is 0 Å². The van der Waals surface area contributed by atoms with Crippen molar-refractivity contribution in [3.8, 4) is 18.1 Å². The summed E-state index contributed by atoms with van der Waals surface area (Å²) in [7, 11) is 0. The van der Waals surface area contributed by atoms with Crippen LogP contribution in [0.15, 0.2) is 72.8 Å². The lowest BCUT2D eigenvalue weighted by Gasteiger charge is -2.48. The Labute approximate surface area is 215 Å². The number of carbonyl (C=O) groups is 3. The van der Waals surface area contributed by atoms with Crippen molar-refractivity contribution < 1.29 is 28.2 Å². The number of benzene rings is 3. The van der Waals surface area contributed by atoms with Crippen LogP contribution in [-0.4, -0.2) is 17.8 Å². The van der Waals surface area contributed by atoms with Crippen LogP contribution in [0.2, 0.25) is 0 Å². The van der Waals surface area contributed by atoms with Crippen molar-refractivity contribution >= 4 is 23.5 Å². The van der Waals surface area contributed by atoms with Gasteiger partial charge in [0, 0.05) is 25.1 Å². The van der Waals surface area contributed by atoms with Crippen molar-refractivity contribution in [2.24, 2.45) is 5.92 Å². The first-order valence-electron chi connectivity index (χ1n) is 11.9. The van der Waals surface area contributed by atoms with E-state index in [2.05, 4.69) is 5.92 Å². The summed E-state index contributed by atoms with van der Waals surface area (Å²) in [5.74, 6) is 1.27. The Bertz CT molecular complexity index is 1330. The van der Waals surface area contributed by atoms with Crippen molar-refractivity contribution in [2.45, 2.75) is 38.8 Å². The van der Waals surface area contributed by atoms with Gasteiger partial charge in [0.1, 0.15) is 17.7 Å². The molecule has 1 unspecified atom stereocenters. The van der Waals surface area contributed by atoms with Crippen LogP contribution in [0.5, 0.6) is 5.75 Å². The highest BCUT2D eigenvalue weighted by Crippen LogP contribution is 2.46. The summed E-state index contributed by atoms with van der Waals surface area (Å²) >= 11 is 0. The fourth-order valence-corrected chi connectivity index (χ4v) is 4.62. The highest BCUT2D eigenvalue weighted by molar-refractivity contribution is 6.03. The summed E-state index contributed by atoms with van der Waals surface area (Å²) < 4.78 is 24.1. The first-order chi connectivity index (χ1) is 17.8. The maximum atomic E-state index is 13.4.